The van der Waals surface area contributed by atoms with Crippen molar-refractivity contribution in [3.05, 3.63) is 60.4 Å². The molecule has 130 valence electrons. The fourth-order valence-corrected chi connectivity index (χ4v) is 3.54. The molecule has 0 aliphatic carbocycles. The summed E-state index contributed by atoms with van der Waals surface area (Å²) in [4.78, 5) is 24.7. The normalized spacial score (nSPS) is 19.6. The number of esters is 1. The van der Waals surface area contributed by atoms with Crippen LogP contribution in [0.3, 0.4) is 0 Å². The Morgan fingerprint density at radius 2 is 2.04 bits per heavy atom. The maximum atomic E-state index is 12.6. The monoisotopic (exact) mass is 358 g/mol. The van der Waals surface area contributed by atoms with E-state index in [1.807, 2.05) is 47.2 Å². The van der Waals surface area contributed by atoms with Crippen LogP contribution in [0.5, 0.6) is 0 Å². The Morgan fingerprint density at radius 1 is 1.24 bits per heavy atom. The molecule has 2 aromatic rings. The first-order valence-corrected chi connectivity index (χ1v) is 8.97. The second-order valence-corrected chi connectivity index (χ2v) is 6.93. The van der Waals surface area contributed by atoms with Gasteiger partial charge in [0.05, 0.1) is 12.2 Å². The van der Waals surface area contributed by atoms with Crippen molar-refractivity contribution in [2.24, 2.45) is 0 Å². The van der Waals surface area contributed by atoms with E-state index in [4.69, 9.17) is 9.47 Å². The van der Waals surface area contributed by atoms with Crippen molar-refractivity contribution in [2.45, 2.75) is 30.4 Å². The highest BCUT2D eigenvalue weighted by Gasteiger charge is 2.46. The molecular formula is C19H20NO4S+. The van der Waals surface area contributed by atoms with Crippen LogP contribution < -0.4 is 4.57 Å². The van der Waals surface area contributed by atoms with Crippen LogP contribution in [-0.4, -0.2) is 24.3 Å². The lowest BCUT2D eigenvalue weighted by molar-refractivity contribution is -0.806. The average Bonchev–Trinajstić information content (AvgIpc) is 3.11. The Hall–Kier alpha value is -2.18. The van der Waals surface area contributed by atoms with Gasteiger partial charge in [-0.05, 0) is 36.4 Å². The molecule has 0 spiro atoms. The predicted molar refractivity (Wildman–Crippen MR) is 93.1 cm³/mol. The largest absolute Gasteiger partial charge is 0.455 e. The Labute approximate surface area is 151 Å². The lowest BCUT2D eigenvalue weighted by atomic mass is 10.1. The number of hydrogen-bond donors (Lipinski definition) is 0. The molecule has 0 radical (unpaired) electrons. The Bertz CT molecular complexity index is 757. The molecule has 1 unspecified atom stereocenters. The minimum absolute atomic E-state index is 0.0406. The van der Waals surface area contributed by atoms with Crippen LogP contribution in [0.25, 0.3) is 0 Å². The van der Waals surface area contributed by atoms with Crippen molar-refractivity contribution in [3.8, 4) is 0 Å². The summed E-state index contributed by atoms with van der Waals surface area (Å²) in [6.45, 7) is 2.12. The molecule has 6 heteroatoms. The fourth-order valence-electron chi connectivity index (χ4n) is 2.79. The van der Waals surface area contributed by atoms with E-state index in [2.05, 4.69) is 0 Å². The quantitative estimate of drug-likeness (QED) is 0.467. The first-order chi connectivity index (χ1) is 12.1. The first kappa shape index (κ1) is 17.6. The molecule has 0 saturated carbocycles. The Morgan fingerprint density at radius 3 is 2.72 bits per heavy atom. The second kappa shape index (κ2) is 7.80. The Balaban J connectivity index is 1.82. The van der Waals surface area contributed by atoms with Crippen molar-refractivity contribution in [3.63, 3.8) is 0 Å². The van der Waals surface area contributed by atoms with Crippen LogP contribution in [-0.2, 0) is 20.0 Å². The van der Waals surface area contributed by atoms with E-state index in [1.54, 1.807) is 12.3 Å². The van der Waals surface area contributed by atoms with Crippen LogP contribution in [0.4, 0.5) is 0 Å². The van der Waals surface area contributed by atoms with Gasteiger partial charge in [0.1, 0.15) is 0 Å². The molecule has 1 fully saturated rings. The summed E-state index contributed by atoms with van der Waals surface area (Å²) in [5.74, 6) is -0.345. The molecule has 3 rings (SSSR count). The van der Waals surface area contributed by atoms with Gasteiger partial charge in [0.2, 0.25) is 5.12 Å². The van der Waals surface area contributed by atoms with Gasteiger partial charge in [0, 0.05) is 24.3 Å². The van der Waals surface area contributed by atoms with Crippen LogP contribution >= 0.6 is 11.8 Å². The van der Waals surface area contributed by atoms with Crippen LogP contribution in [0.1, 0.15) is 30.1 Å². The zero-order valence-corrected chi connectivity index (χ0v) is 14.8. The van der Waals surface area contributed by atoms with E-state index in [0.29, 0.717) is 12.2 Å². The molecule has 25 heavy (non-hydrogen) atoms. The number of nitrogens with zero attached hydrogens (tertiary/aromatic N) is 1. The van der Waals surface area contributed by atoms with Gasteiger partial charge < -0.3 is 9.47 Å². The van der Waals surface area contributed by atoms with Gasteiger partial charge in [-0.2, -0.15) is 4.57 Å². The highest BCUT2D eigenvalue weighted by molar-refractivity contribution is 8.14. The lowest BCUT2D eigenvalue weighted by Gasteiger charge is -2.22. The number of benzene rings is 1. The van der Waals surface area contributed by atoms with E-state index < -0.39 is 5.72 Å². The number of hydrogen-bond acceptors (Lipinski definition) is 5. The van der Waals surface area contributed by atoms with Gasteiger partial charge >= 0.3 is 11.7 Å². The third-order valence-corrected chi connectivity index (χ3v) is 4.97. The molecule has 1 saturated heterocycles. The molecule has 0 N–H and O–H groups in total. The van der Waals surface area contributed by atoms with Gasteiger partial charge in [-0.15, -0.1) is 0 Å². The number of thioether (sulfide) groups is 1. The van der Waals surface area contributed by atoms with Gasteiger partial charge in [-0.25, -0.2) is 0 Å². The number of aromatic nitrogens is 1. The summed E-state index contributed by atoms with van der Waals surface area (Å²) < 4.78 is 13.0. The third kappa shape index (κ3) is 4.27. The average molecular weight is 358 g/mol. The van der Waals surface area contributed by atoms with Crippen molar-refractivity contribution >= 4 is 22.8 Å². The molecule has 1 aromatic carbocycles. The van der Waals surface area contributed by atoms with Crippen LogP contribution in [0.2, 0.25) is 0 Å². The van der Waals surface area contributed by atoms with Crippen molar-refractivity contribution in [1.82, 2.24) is 0 Å². The predicted octanol–water partition coefficient (Wildman–Crippen LogP) is 2.93. The SMILES string of the molecule is CC(=O)OCC1([n+]2cccc(C(=O)Sc3ccccc3)c2)CCCO1. The molecule has 1 aliphatic heterocycles. The van der Waals surface area contributed by atoms with E-state index in [9.17, 15) is 9.59 Å². The maximum absolute atomic E-state index is 12.6. The fraction of sp³-hybridized carbons (Fsp3) is 0.316. The number of carbonyl (C=O) groups excluding carboxylic acids is 2. The molecule has 0 bridgehead atoms. The smallest absolute Gasteiger partial charge is 0.307 e. The summed E-state index contributed by atoms with van der Waals surface area (Å²) in [6.07, 6.45) is 5.23. The number of ether oxygens (including phenoxy) is 2. The highest BCUT2D eigenvalue weighted by Crippen LogP contribution is 2.27. The summed E-state index contributed by atoms with van der Waals surface area (Å²) in [5.41, 5.74) is -0.159. The molecule has 1 aliphatic rings. The lowest BCUT2D eigenvalue weighted by Crippen LogP contribution is -2.59. The molecule has 1 aromatic heterocycles. The van der Waals surface area contributed by atoms with Crippen molar-refractivity contribution in [1.29, 1.82) is 0 Å². The van der Waals surface area contributed by atoms with Crippen LogP contribution in [0, 0.1) is 0 Å². The summed E-state index contributed by atoms with van der Waals surface area (Å²) >= 11 is 1.19. The number of pyridine rings is 1. The molecule has 0 amide bonds. The maximum Gasteiger partial charge on any atom is 0.307 e. The topological polar surface area (TPSA) is 56.5 Å². The van der Waals surface area contributed by atoms with E-state index in [0.717, 1.165) is 17.7 Å². The summed E-state index contributed by atoms with van der Waals surface area (Å²) in [6, 6.07) is 13.1. The third-order valence-electron chi connectivity index (χ3n) is 4.04. The first-order valence-electron chi connectivity index (χ1n) is 8.15. The molecule has 2 heterocycles. The van der Waals surface area contributed by atoms with Gasteiger partial charge in [0.25, 0.3) is 0 Å². The molecule has 5 nitrogen and oxygen atoms in total. The number of rotatable bonds is 5. The Kier molecular flexibility index (Phi) is 5.50. The minimum atomic E-state index is -0.737. The molecular weight excluding hydrogens is 338 g/mol. The zero-order chi connectivity index (χ0) is 17.7. The van der Waals surface area contributed by atoms with Crippen LogP contribution in [0.15, 0.2) is 59.8 Å². The van der Waals surface area contributed by atoms with E-state index in [1.165, 1.54) is 18.7 Å². The van der Waals surface area contributed by atoms with Gasteiger partial charge in [-0.3, -0.25) is 9.59 Å². The van der Waals surface area contributed by atoms with Gasteiger partial charge in [0.15, 0.2) is 19.0 Å². The standard InChI is InChI=1S/C19H20NO4S/c1-15(21)23-14-19(10-6-12-24-19)20-11-5-7-16(13-20)18(22)25-17-8-3-2-4-9-17/h2-5,7-9,11,13H,6,10,12,14H2,1H3/q+1. The summed E-state index contributed by atoms with van der Waals surface area (Å²) in [7, 11) is 0. The van der Waals surface area contributed by atoms with E-state index in [-0.39, 0.29) is 17.7 Å². The highest BCUT2D eigenvalue weighted by atomic mass is 32.2. The second-order valence-electron chi connectivity index (χ2n) is 5.88. The zero-order valence-electron chi connectivity index (χ0n) is 14.0. The van der Waals surface area contributed by atoms with Crippen molar-refractivity contribution in [2.75, 3.05) is 13.2 Å². The summed E-state index contributed by atoms with van der Waals surface area (Å²) in [5, 5.41) is -0.0406. The molecule has 1 atom stereocenters. The number of carbonyl (C=O) groups is 2. The van der Waals surface area contributed by atoms with E-state index >= 15 is 0 Å². The minimum Gasteiger partial charge on any atom is -0.455 e. The van der Waals surface area contributed by atoms with Crippen molar-refractivity contribution < 1.29 is 23.6 Å². The van der Waals surface area contributed by atoms with Gasteiger partial charge in [-0.1, -0.05) is 18.2 Å².